The Labute approximate surface area is 106 Å². The van der Waals surface area contributed by atoms with Crippen LogP contribution in [0.3, 0.4) is 0 Å². The molecule has 0 unspecified atom stereocenters. The number of carbonyl (C=O) groups excluding carboxylic acids is 1. The number of carbonyl (C=O) groups is 1. The molecule has 0 amide bonds. The summed E-state index contributed by atoms with van der Waals surface area (Å²) in [5.74, 6) is -0.263. The Bertz CT molecular complexity index is 489. The van der Waals surface area contributed by atoms with E-state index in [0.717, 1.165) is 18.5 Å². The molecule has 0 fully saturated rings. The molecular formula is C14H16N2O2. The highest BCUT2D eigenvalue weighted by molar-refractivity contribution is 5.89. The Morgan fingerprint density at radius 1 is 1.33 bits per heavy atom. The van der Waals surface area contributed by atoms with Gasteiger partial charge in [0.2, 0.25) is 0 Å². The second-order valence-corrected chi connectivity index (χ2v) is 4.01. The zero-order valence-corrected chi connectivity index (χ0v) is 10.4. The zero-order valence-electron chi connectivity index (χ0n) is 10.4. The van der Waals surface area contributed by atoms with E-state index < -0.39 is 0 Å². The quantitative estimate of drug-likeness (QED) is 0.600. The van der Waals surface area contributed by atoms with Gasteiger partial charge in [-0.25, -0.2) is 9.78 Å². The highest BCUT2D eigenvalue weighted by Crippen LogP contribution is 2.10. The molecule has 0 bridgehead atoms. The highest BCUT2D eigenvalue weighted by atomic mass is 16.5. The van der Waals surface area contributed by atoms with Gasteiger partial charge in [0, 0.05) is 18.1 Å². The molecule has 94 valence electrons. The van der Waals surface area contributed by atoms with Crippen LogP contribution in [0.5, 0.6) is 0 Å². The van der Waals surface area contributed by atoms with E-state index in [1.807, 2.05) is 22.9 Å². The summed E-state index contributed by atoms with van der Waals surface area (Å²) in [6, 6.07) is 7.28. The number of rotatable bonds is 5. The van der Waals surface area contributed by atoms with Crippen LogP contribution < -0.4 is 0 Å². The van der Waals surface area contributed by atoms with E-state index in [9.17, 15) is 4.79 Å². The number of benzene rings is 1. The van der Waals surface area contributed by atoms with Gasteiger partial charge in [-0.2, -0.15) is 0 Å². The van der Waals surface area contributed by atoms with Crippen molar-refractivity contribution in [3.63, 3.8) is 0 Å². The van der Waals surface area contributed by atoms with Crippen LogP contribution in [0.2, 0.25) is 0 Å². The number of ether oxygens (including phenoxy) is 1. The van der Waals surface area contributed by atoms with Crippen molar-refractivity contribution in [3.05, 3.63) is 48.5 Å². The predicted octanol–water partition coefficient (Wildman–Crippen LogP) is 2.83. The maximum Gasteiger partial charge on any atom is 0.338 e. The smallest absolute Gasteiger partial charge is 0.338 e. The van der Waals surface area contributed by atoms with Crippen molar-refractivity contribution < 1.29 is 9.53 Å². The van der Waals surface area contributed by atoms with Crippen LogP contribution in [0.4, 0.5) is 0 Å². The molecular weight excluding hydrogens is 228 g/mol. The summed E-state index contributed by atoms with van der Waals surface area (Å²) in [6.07, 6.45) is 7.21. The van der Waals surface area contributed by atoms with E-state index >= 15 is 0 Å². The first kappa shape index (κ1) is 12.4. The van der Waals surface area contributed by atoms with Gasteiger partial charge in [-0.1, -0.05) is 13.3 Å². The highest BCUT2D eigenvalue weighted by Gasteiger charge is 2.06. The molecule has 0 spiro atoms. The minimum atomic E-state index is -0.263. The van der Waals surface area contributed by atoms with Gasteiger partial charge in [-0.05, 0) is 30.7 Å². The lowest BCUT2D eigenvalue weighted by Gasteiger charge is -2.05. The molecule has 0 N–H and O–H groups in total. The van der Waals surface area contributed by atoms with E-state index in [4.69, 9.17) is 4.74 Å². The van der Waals surface area contributed by atoms with Gasteiger partial charge in [0.1, 0.15) is 0 Å². The SMILES string of the molecule is CCCCOC(=O)c1ccc(-n2ccnc2)cc1. The van der Waals surface area contributed by atoms with Gasteiger partial charge in [0.05, 0.1) is 18.5 Å². The topological polar surface area (TPSA) is 44.1 Å². The van der Waals surface area contributed by atoms with Crippen molar-refractivity contribution in [2.45, 2.75) is 19.8 Å². The average molecular weight is 244 g/mol. The van der Waals surface area contributed by atoms with Crippen LogP contribution >= 0.6 is 0 Å². The molecule has 0 radical (unpaired) electrons. The number of imidazole rings is 1. The molecule has 18 heavy (non-hydrogen) atoms. The molecule has 1 aromatic carbocycles. The number of unbranched alkanes of at least 4 members (excludes halogenated alkanes) is 1. The Kier molecular flexibility index (Phi) is 4.12. The van der Waals surface area contributed by atoms with Gasteiger partial charge in [0.15, 0.2) is 0 Å². The van der Waals surface area contributed by atoms with Crippen molar-refractivity contribution in [2.24, 2.45) is 0 Å². The summed E-state index contributed by atoms with van der Waals surface area (Å²) in [6.45, 7) is 2.55. The Hall–Kier alpha value is -2.10. The van der Waals surface area contributed by atoms with E-state index in [1.54, 1.807) is 24.7 Å². The van der Waals surface area contributed by atoms with Gasteiger partial charge in [-0.3, -0.25) is 0 Å². The van der Waals surface area contributed by atoms with E-state index in [0.29, 0.717) is 12.2 Å². The molecule has 2 aromatic rings. The van der Waals surface area contributed by atoms with E-state index in [-0.39, 0.29) is 5.97 Å². The van der Waals surface area contributed by atoms with Crippen molar-refractivity contribution in [3.8, 4) is 5.69 Å². The third-order valence-corrected chi connectivity index (χ3v) is 2.64. The molecule has 0 aliphatic carbocycles. The molecule has 0 saturated carbocycles. The second-order valence-electron chi connectivity index (χ2n) is 4.01. The van der Waals surface area contributed by atoms with Crippen LogP contribution in [-0.4, -0.2) is 22.1 Å². The van der Waals surface area contributed by atoms with Gasteiger partial charge < -0.3 is 9.30 Å². The standard InChI is InChI=1S/C14H16N2O2/c1-2-3-10-18-14(17)12-4-6-13(7-5-12)16-9-8-15-11-16/h4-9,11H,2-3,10H2,1H3. The second kappa shape index (κ2) is 6.00. The first-order valence-electron chi connectivity index (χ1n) is 6.07. The van der Waals surface area contributed by atoms with E-state index in [2.05, 4.69) is 11.9 Å². The van der Waals surface area contributed by atoms with Crippen LogP contribution in [0.1, 0.15) is 30.1 Å². The monoisotopic (exact) mass is 244 g/mol. The lowest BCUT2D eigenvalue weighted by Crippen LogP contribution is -2.06. The Balaban J connectivity index is 2.01. The molecule has 1 aromatic heterocycles. The molecule has 0 atom stereocenters. The summed E-state index contributed by atoms with van der Waals surface area (Å²) < 4.78 is 7.02. The summed E-state index contributed by atoms with van der Waals surface area (Å²) in [5, 5.41) is 0. The predicted molar refractivity (Wildman–Crippen MR) is 68.8 cm³/mol. The summed E-state index contributed by atoms with van der Waals surface area (Å²) in [7, 11) is 0. The van der Waals surface area contributed by atoms with Crippen molar-refractivity contribution in [1.82, 2.24) is 9.55 Å². The van der Waals surface area contributed by atoms with Crippen LogP contribution in [0.25, 0.3) is 5.69 Å². The first-order valence-corrected chi connectivity index (χ1v) is 6.07. The number of hydrogen-bond donors (Lipinski definition) is 0. The van der Waals surface area contributed by atoms with Crippen molar-refractivity contribution in [1.29, 1.82) is 0 Å². The molecule has 2 rings (SSSR count). The van der Waals surface area contributed by atoms with Gasteiger partial charge in [-0.15, -0.1) is 0 Å². The normalized spacial score (nSPS) is 10.3. The average Bonchev–Trinajstić information content (AvgIpc) is 2.93. The van der Waals surface area contributed by atoms with Crippen molar-refractivity contribution >= 4 is 5.97 Å². The first-order chi connectivity index (χ1) is 8.81. The lowest BCUT2D eigenvalue weighted by atomic mass is 10.2. The number of esters is 1. The lowest BCUT2D eigenvalue weighted by molar-refractivity contribution is 0.0500. The van der Waals surface area contributed by atoms with Crippen LogP contribution in [0.15, 0.2) is 43.0 Å². The van der Waals surface area contributed by atoms with Crippen LogP contribution in [-0.2, 0) is 4.74 Å². The van der Waals surface area contributed by atoms with Crippen molar-refractivity contribution in [2.75, 3.05) is 6.61 Å². The molecule has 1 heterocycles. The number of hydrogen-bond acceptors (Lipinski definition) is 3. The summed E-state index contributed by atoms with van der Waals surface area (Å²) >= 11 is 0. The Morgan fingerprint density at radius 2 is 2.11 bits per heavy atom. The fraction of sp³-hybridized carbons (Fsp3) is 0.286. The Morgan fingerprint density at radius 3 is 2.72 bits per heavy atom. The largest absolute Gasteiger partial charge is 0.462 e. The molecule has 0 aliphatic heterocycles. The minimum absolute atomic E-state index is 0.263. The molecule has 4 heteroatoms. The molecule has 0 aliphatic rings. The third kappa shape index (κ3) is 2.97. The number of nitrogens with zero attached hydrogens (tertiary/aromatic N) is 2. The maximum absolute atomic E-state index is 11.7. The maximum atomic E-state index is 11.7. The van der Waals surface area contributed by atoms with Gasteiger partial charge >= 0.3 is 5.97 Å². The fourth-order valence-electron chi connectivity index (χ4n) is 1.57. The number of aromatic nitrogens is 2. The third-order valence-electron chi connectivity index (χ3n) is 2.64. The molecule has 4 nitrogen and oxygen atoms in total. The van der Waals surface area contributed by atoms with E-state index in [1.165, 1.54) is 0 Å². The van der Waals surface area contributed by atoms with Crippen LogP contribution in [0, 0.1) is 0 Å². The zero-order chi connectivity index (χ0) is 12.8. The van der Waals surface area contributed by atoms with Gasteiger partial charge in [0.25, 0.3) is 0 Å². The molecule has 0 saturated heterocycles. The fourth-order valence-corrected chi connectivity index (χ4v) is 1.57. The summed E-state index contributed by atoms with van der Waals surface area (Å²) in [5.41, 5.74) is 1.55. The minimum Gasteiger partial charge on any atom is -0.462 e. The summed E-state index contributed by atoms with van der Waals surface area (Å²) in [4.78, 5) is 15.7.